The van der Waals surface area contributed by atoms with Crippen LogP contribution in [0.3, 0.4) is 0 Å². The van der Waals surface area contributed by atoms with Crippen molar-refractivity contribution in [1.29, 1.82) is 0 Å². The second-order valence-corrected chi connectivity index (χ2v) is 9.89. The van der Waals surface area contributed by atoms with E-state index in [0.717, 1.165) is 19.3 Å². The van der Waals surface area contributed by atoms with E-state index in [2.05, 4.69) is 13.8 Å². The van der Waals surface area contributed by atoms with Crippen LogP contribution in [0.5, 0.6) is 0 Å². The van der Waals surface area contributed by atoms with Crippen LogP contribution in [0.2, 0.25) is 0 Å². The van der Waals surface area contributed by atoms with Gasteiger partial charge in [-0.1, -0.05) is 13.8 Å². The summed E-state index contributed by atoms with van der Waals surface area (Å²) in [6, 6.07) is 5.70. The normalized spacial score (nSPS) is 23.6. The van der Waals surface area contributed by atoms with Crippen molar-refractivity contribution in [2.24, 2.45) is 11.8 Å². The van der Waals surface area contributed by atoms with E-state index in [1.54, 1.807) is 4.90 Å². The summed E-state index contributed by atoms with van der Waals surface area (Å²) < 4.78 is 31.6. The smallest absolute Gasteiger partial charge is 0.338 e. The number of benzene rings is 1. The van der Waals surface area contributed by atoms with Crippen molar-refractivity contribution < 1.29 is 22.7 Å². The van der Waals surface area contributed by atoms with E-state index < -0.39 is 16.0 Å². The molecule has 28 heavy (non-hydrogen) atoms. The molecular weight excluding hydrogens is 380 g/mol. The molecule has 2 heterocycles. The number of piperidine rings is 1. The number of rotatable bonds is 5. The molecule has 2 atom stereocenters. The molecule has 3 rings (SSSR count). The van der Waals surface area contributed by atoms with Gasteiger partial charge in [0.25, 0.3) is 5.91 Å². The van der Waals surface area contributed by atoms with E-state index in [1.165, 1.54) is 28.6 Å². The van der Waals surface area contributed by atoms with E-state index in [4.69, 9.17) is 4.74 Å². The summed E-state index contributed by atoms with van der Waals surface area (Å²) >= 11 is 0. The maximum atomic E-state index is 12.5. The van der Waals surface area contributed by atoms with Crippen molar-refractivity contribution in [3.05, 3.63) is 29.8 Å². The molecule has 0 aromatic heterocycles. The molecule has 1 aromatic rings. The zero-order valence-electron chi connectivity index (χ0n) is 16.5. The molecule has 7 nitrogen and oxygen atoms in total. The van der Waals surface area contributed by atoms with Crippen LogP contribution in [-0.2, 0) is 19.6 Å². The van der Waals surface area contributed by atoms with Crippen molar-refractivity contribution in [3.8, 4) is 0 Å². The predicted octanol–water partition coefficient (Wildman–Crippen LogP) is 2.13. The summed E-state index contributed by atoms with van der Waals surface area (Å²) in [6.07, 6.45) is 2.83. The Balaban J connectivity index is 1.57. The van der Waals surface area contributed by atoms with Gasteiger partial charge >= 0.3 is 5.97 Å². The molecule has 0 saturated carbocycles. The molecule has 1 aromatic carbocycles. The first-order valence-electron chi connectivity index (χ1n) is 9.82. The number of carbonyl (C=O) groups is 2. The lowest BCUT2D eigenvalue weighted by atomic mass is 9.92. The Morgan fingerprint density at radius 3 is 2.18 bits per heavy atom. The Morgan fingerprint density at radius 1 is 1.04 bits per heavy atom. The van der Waals surface area contributed by atoms with Crippen molar-refractivity contribution in [3.63, 3.8) is 0 Å². The fraction of sp³-hybridized carbons (Fsp3) is 0.600. The molecule has 8 heteroatoms. The monoisotopic (exact) mass is 408 g/mol. The summed E-state index contributed by atoms with van der Waals surface area (Å²) in [5.41, 5.74) is 0.230. The molecule has 2 fully saturated rings. The Morgan fingerprint density at radius 2 is 1.61 bits per heavy atom. The minimum Gasteiger partial charge on any atom is -0.452 e. The van der Waals surface area contributed by atoms with Gasteiger partial charge < -0.3 is 9.64 Å². The summed E-state index contributed by atoms with van der Waals surface area (Å²) in [5, 5.41) is 0. The van der Waals surface area contributed by atoms with Crippen LogP contribution in [-0.4, -0.2) is 62.3 Å². The number of ether oxygens (including phenoxy) is 1. The third-order valence-corrected chi connectivity index (χ3v) is 7.25. The molecule has 0 spiro atoms. The van der Waals surface area contributed by atoms with Crippen LogP contribution in [0.1, 0.15) is 43.5 Å². The predicted molar refractivity (Wildman–Crippen MR) is 104 cm³/mol. The van der Waals surface area contributed by atoms with Crippen LogP contribution >= 0.6 is 0 Å². The third-order valence-electron chi connectivity index (χ3n) is 5.34. The Bertz CT molecular complexity index is 806. The summed E-state index contributed by atoms with van der Waals surface area (Å²) in [6.45, 7) is 6.35. The zero-order chi connectivity index (χ0) is 20.3. The lowest BCUT2D eigenvalue weighted by Crippen LogP contribution is -2.44. The molecule has 0 radical (unpaired) electrons. The minimum absolute atomic E-state index is 0.165. The van der Waals surface area contributed by atoms with Gasteiger partial charge in [0.2, 0.25) is 10.0 Å². The van der Waals surface area contributed by atoms with Gasteiger partial charge in [0.1, 0.15) is 0 Å². The highest BCUT2D eigenvalue weighted by Gasteiger charge is 2.28. The van der Waals surface area contributed by atoms with Gasteiger partial charge in [0, 0.05) is 26.2 Å². The van der Waals surface area contributed by atoms with Crippen molar-refractivity contribution in [2.45, 2.75) is 38.0 Å². The van der Waals surface area contributed by atoms with E-state index in [1.807, 2.05) is 0 Å². The highest BCUT2D eigenvalue weighted by molar-refractivity contribution is 7.89. The summed E-state index contributed by atoms with van der Waals surface area (Å²) in [5.74, 6) is 0.0542. The SMILES string of the molecule is C[C@@H]1C[C@@H](C)CN(C(=O)COC(=O)c2ccc(S(=O)(=O)N3CCCC3)cc2)C1. The highest BCUT2D eigenvalue weighted by atomic mass is 32.2. The number of likely N-dealkylation sites (tertiary alicyclic amines) is 1. The number of nitrogens with zero attached hydrogens (tertiary/aromatic N) is 2. The molecule has 0 aliphatic carbocycles. The number of esters is 1. The number of carbonyl (C=O) groups excluding carboxylic acids is 2. The fourth-order valence-corrected chi connectivity index (χ4v) is 5.53. The molecule has 2 aliphatic rings. The van der Waals surface area contributed by atoms with E-state index in [-0.39, 0.29) is 23.0 Å². The van der Waals surface area contributed by atoms with Gasteiger partial charge in [-0.25, -0.2) is 13.2 Å². The van der Waals surface area contributed by atoms with Gasteiger partial charge in [-0.3, -0.25) is 4.79 Å². The summed E-state index contributed by atoms with van der Waals surface area (Å²) in [7, 11) is -3.51. The average molecular weight is 409 g/mol. The Labute approximate surface area is 166 Å². The minimum atomic E-state index is -3.51. The standard InChI is InChI=1S/C20H28N2O5S/c1-15-11-16(2)13-21(12-15)19(23)14-27-20(24)17-5-7-18(8-6-17)28(25,26)22-9-3-4-10-22/h5-8,15-16H,3-4,9-14H2,1-2H3/t15-,16-/m1/s1. The largest absolute Gasteiger partial charge is 0.452 e. The maximum Gasteiger partial charge on any atom is 0.338 e. The molecule has 2 saturated heterocycles. The first-order chi connectivity index (χ1) is 13.3. The lowest BCUT2D eigenvalue weighted by Gasteiger charge is -2.34. The quantitative estimate of drug-likeness (QED) is 0.697. The van der Waals surface area contributed by atoms with E-state index in [0.29, 0.717) is 38.0 Å². The van der Waals surface area contributed by atoms with Gasteiger partial charge in [-0.15, -0.1) is 0 Å². The van der Waals surface area contributed by atoms with Gasteiger partial charge in [0.05, 0.1) is 10.5 Å². The van der Waals surface area contributed by atoms with Crippen LogP contribution in [0.15, 0.2) is 29.2 Å². The number of hydrogen-bond acceptors (Lipinski definition) is 5. The second-order valence-electron chi connectivity index (χ2n) is 7.96. The second kappa shape index (κ2) is 8.61. The summed E-state index contributed by atoms with van der Waals surface area (Å²) in [4.78, 5) is 26.5. The topological polar surface area (TPSA) is 84.0 Å². The average Bonchev–Trinajstić information content (AvgIpc) is 3.21. The number of hydrogen-bond donors (Lipinski definition) is 0. The van der Waals surface area contributed by atoms with Crippen molar-refractivity contribution in [1.82, 2.24) is 9.21 Å². The van der Waals surface area contributed by atoms with E-state index >= 15 is 0 Å². The van der Waals surface area contributed by atoms with Crippen molar-refractivity contribution >= 4 is 21.9 Å². The van der Waals surface area contributed by atoms with Gasteiger partial charge in [0.15, 0.2) is 6.61 Å². The molecule has 1 amide bonds. The molecule has 2 aliphatic heterocycles. The van der Waals surface area contributed by atoms with Gasteiger partial charge in [-0.2, -0.15) is 4.31 Å². The van der Waals surface area contributed by atoms with Crippen molar-refractivity contribution in [2.75, 3.05) is 32.8 Å². The van der Waals surface area contributed by atoms with Crippen LogP contribution < -0.4 is 0 Å². The molecule has 0 bridgehead atoms. The van der Waals surface area contributed by atoms with Crippen LogP contribution in [0.4, 0.5) is 0 Å². The van der Waals surface area contributed by atoms with Crippen LogP contribution in [0, 0.1) is 11.8 Å². The maximum absolute atomic E-state index is 12.5. The Hall–Kier alpha value is -1.93. The number of sulfonamides is 1. The Kier molecular flexibility index (Phi) is 6.40. The van der Waals surface area contributed by atoms with Crippen LogP contribution in [0.25, 0.3) is 0 Å². The van der Waals surface area contributed by atoms with E-state index in [9.17, 15) is 18.0 Å². The number of amides is 1. The molecular formula is C20H28N2O5S. The molecule has 0 unspecified atom stereocenters. The van der Waals surface area contributed by atoms with Gasteiger partial charge in [-0.05, 0) is 55.4 Å². The lowest BCUT2D eigenvalue weighted by molar-refractivity contribution is -0.137. The third kappa shape index (κ3) is 4.72. The molecule has 0 N–H and O–H groups in total. The highest BCUT2D eigenvalue weighted by Crippen LogP contribution is 2.22. The zero-order valence-corrected chi connectivity index (χ0v) is 17.3. The fourth-order valence-electron chi connectivity index (χ4n) is 4.01. The first kappa shape index (κ1) is 20.8. The first-order valence-corrected chi connectivity index (χ1v) is 11.3. The molecule has 154 valence electrons.